The molecule has 1 aliphatic heterocycles. The van der Waals surface area contributed by atoms with Crippen LogP contribution < -0.4 is 11.1 Å². The van der Waals surface area contributed by atoms with Crippen LogP contribution in [0.1, 0.15) is 58.1 Å². The van der Waals surface area contributed by atoms with E-state index in [2.05, 4.69) is 58.1 Å². The number of pyridine rings is 2. The molecule has 9 nitrogen and oxygen atoms in total. The molecule has 0 unspecified atom stereocenters. The number of allylic oxidation sites excluding steroid dienone is 2. The van der Waals surface area contributed by atoms with Crippen molar-refractivity contribution in [2.24, 2.45) is 10.7 Å². The van der Waals surface area contributed by atoms with Gasteiger partial charge in [-0.05, 0) is 62.9 Å². The Hall–Kier alpha value is -3.43. The molecule has 9 heteroatoms. The molecule has 4 rings (SSSR count). The first kappa shape index (κ1) is 26.6. The smallest absolute Gasteiger partial charge is 0.154 e. The Labute approximate surface area is 219 Å². The lowest BCUT2D eigenvalue weighted by Gasteiger charge is -2.35. The number of hydrogen-bond donors (Lipinski definition) is 2. The fourth-order valence-corrected chi connectivity index (χ4v) is 4.53. The van der Waals surface area contributed by atoms with Crippen molar-refractivity contribution in [2.75, 3.05) is 31.5 Å². The van der Waals surface area contributed by atoms with E-state index in [9.17, 15) is 0 Å². The number of hydrogen-bond acceptors (Lipinski definition) is 9. The molecule has 0 saturated carbocycles. The van der Waals surface area contributed by atoms with Crippen molar-refractivity contribution >= 4 is 34.5 Å². The zero-order valence-electron chi connectivity index (χ0n) is 22.5. The van der Waals surface area contributed by atoms with Gasteiger partial charge in [-0.15, -0.1) is 5.10 Å². The number of aliphatic imine (C=N–C) groups is 1. The van der Waals surface area contributed by atoms with Crippen LogP contribution in [0.15, 0.2) is 47.3 Å². The molecule has 0 amide bonds. The predicted molar refractivity (Wildman–Crippen MR) is 150 cm³/mol. The Morgan fingerprint density at radius 1 is 1.16 bits per heavy atom. The number of nitrogens with zero attached hydrogens (tertiary/aromatic N) is 6. The third-order valence-corrected chi connectivity index (χ3v) is 6.35. The van der Waals surface area contributed by atoms with Crippen LogP contribution in [0, 0.1) is 0 Å². The van der Waals surface area contributed by atoms with Gasteiger partial charge >= 0.3 is 0 Å². The van der Waals surface area contributed by atoms with Crippen molar-refractivity contribution in [1.82, 2.24) is 25.1 Å². The zero-order chi connectivity index (χ0) is 26.4. The van der Waals surface area contributed by atoms with Crippen molar-refractivity contribution in [2.45, 2.75) is 59.2 Å². The van der Waals surface area contributed by atoms with Crippen LogP contribution in [0.3, 0.4) is 0 Å². The highest BCUT2D eigenvalue weighted by Crippen LogP contribution is 2.22. The Balaban J connectivity index is 1.43. The fourth-order valence-electron chi connectivity index (χ4n) is 4.53. The van der Waals surface area contributed by atoms with E-state index in [1.54, 1.807) is 6.20 Å². The molecule has 37 heavy (non-hydrogen) atoms. The number of nitrogens with two attached hydrogens (primary N) is 1. The number of anilines is 2. The Morgan fingerprint density at radius 3 is 2.68 bits per heavy atom. The minimum atomic E-state index is 0.282. The van der Waals surface area contributed by atoms with Crippen LogP contribution in [0.5, 0.6) is 0 Å². The summed E-state index contributed by atoms with van der Waals surface area (Å²) in [5, 5.41) is 11.5. The van der Waals surface area contributed by atoms with Gasteiger partial charge in [0.1, 0.15) is 5.82 Å². The third kappa shape index (κ3) is 7.30. The molecule has 0 radical (unpaired) electrons. The van der Waals surface area contributed by atoms with Crippen LogP contribution in [0.25, 0.3) is 16.6 Å². The summed E-state index contributed by atoms with van der Waals surface area (Å²) in [6.07, 6.45) is 7.02. The predicted octanol–water partition coefficient (Wildman–Crippen LogP) is 4.55. The average Bonchev–Trinajstić information content (AvgIpc) is 2.85. The summed E-state index contributed by atoms with van der Waals surface area (Å²) >= 11 is 0. The van der Waals surface area contributed by atoms with Gasteiger partial charge in [0.15, 0.2) is 5.82 Å². The van der Waals surface area contributed by atoms with Crippen molar-refractivity contribution < 1.29 is 4.74 Å². The first-order valence-electron chi connectivity index (χ1n) is 13.0. The van der Waals surface area contributed by atoms with Gasteiger partial charge in [0.2, 0.25) is 0 Å². The first-order valence-corrected chi connectivity index (χ1v) is 13.0. The minimum absolute atomic E-state index is 0.282. The standard InChI is InChI=1S/C28H38N8O/c1-18(2)22-12-28(35-32-14-22)34-27-8-7-25-26(33-27)11-23(13-31-25)24(21(5)29)15-30-9-6-10-36-16-19(3)37-20(4)17-36/h7-8,11-15,18-20H,6,9-10,16-17,29H2,1-5H3,(H,33,34,35)/t19-,20+. The Morgan fingerprint density at radius 2 is 1.95 bits per heavy atom. The molecule has 0 aromatic carbocycles. The quantitative estimate of drug-likeness (QED) is 0.324. The fraction of sp³-hybridized carbons (Fsp3) is 0.464. The van der Waals surface area contributed by atoms with Crippen molar-refractivity contribution in [3.63, 3.8) is 0 Å². The summed E-state index contributed by atoms with van der Waals surface area (Å²) in [6, 6.07) is 7.82. The molecule has 0 spiro atoms. The summed E-state index contributed by atoms with van der Waals surface area (Å²) in [6.45, 7) is 14.1. The number of aromatic nitrogens is 4. The molecule has 3 aromatic heterocycles. The number of nitrogens with one attached hydrogen (secondary N) is 1. The van der Waals surface area contributed by atoms with Gasteiger partial charge in [-0.2, -0.15) is 5.10 Å². The zero-order valence-corrected chi connectivity index (χ0v) is 22.5. The highest BCUT2D eigenvalue weighted by Gasteiger charge is 2.21. The topological polar surface area (TPSA) is 114 Å². The molecular formula is C28H38N8O. The van der Waals surface area contributed by atoms with Crippen LogP contribution in [0.2, 0.25) is 0 Å². The van der Waals surface area contributed by atoms with Gasteiger partial charge in [-0.25, -0.2) is 4.98 Å². The van der Waals surface area contributed by atoms with Gasteiger partial charge in [-0.3, -0.25) is 14.9 Å². The molecule has 0 bridgehead atoms. The van der Waals surface area contributed by atoms with Crippen molar-refractivity contribution in [3.05, 3.63) is 53.5 Å². The third-order valence-electron chi connectivity index (χ3n) is 6.35. The lowest BCUT2D eigenvalue weighted by Crippen LogP contribution is -2.45. The van der Waals surface area contributed by atoms with E-state index in [1.165, 1.54) is 0 Å². The van der Waals surface area contributed by atoms with E-state index in [1.807, 2.05) is 43.6 Å². The highest BCUT2D eigenvalue weighted by molar-refractivity contribution is 6.11. The SMILES string of the molecule is CC(N)=C(C=NCCCN1C[C@@H](C)O[C@@H](C)C1)c1cnc2ccc(Nc3cc(C(C)C)cnn3)nc2c1. The maximum absolute atomic E-state index is 6.24. The maximum Gasteiger partial charge on any atom is 0.154 e. The van der Waals surface area contributed by atoms with Crippen molar-refractivity contribution in [3.8, 4) is 0 Å². The number of rotatable bonds is 9. The van der Waals surface area contributed by atoms with Gasteiger partial charge in [0.05, 0.1) is 29.4 Å². The van der Waals surface area contributed by atoms with E-state index >= 15 is 0 Å². The molecule has 2 atom stereocenters. The summed E-state index contributed by atoms with van der Waals surface area (Å²) in [5.74, 6) is 1.70. The van der Waals surface area contributed by atoms with E-state index in [0.29, 0.717) is 23.3 Å². The van der Waals surface area contributed by atoms with Crippen LogP contribution in [-0.2, 0) is 4.74 Å². The Bertz CT molecular complexity index is 1260. The van der Waals surface area contributed by atoms with Crippen molar-refractivity contribution in [1.29, 1.82) is 0 Å². The normalized spacial score (nSPS) is 19.5. The summed E-state index contributed by atoms with van der Waals surface area (Å²) < 4.78 is 5.82. The molecule has 196 valence electrons. The van der Waals surface area contributed by atoms with E-state index < -0.39 is 0 Å². The van der Waals surface area contributed by atoms with Gasteiger partial charge in [0, 0.05) is 55.4 Å². The summed E-state index contributed by atoms with van der Waals surface area (Å²) in [5.41, 5.74) is 11.4. The summed E-state index contributed by atoms with van der Waals surface area (Å²) in [7, 11) is 0. The second kappa shape index (κ2) is 12.2. The molecule has 1 aliphatic rings. The van der Waals surface area contributed by atoms with E-state index in [-0.39, 0.29) is 12.2 Å². The minimum Gasteiger partial charge on any atom is -0.402 e. The lowest BCUT2D eigenvalue weighted by atomic mass is 10.1. The van der Waals surface area contributed by atoms with E-state index in [4.69, 9.17) is 15.5 Å². The highest BCUT2D eigenvalue weighted by atomic mass is 16.5. The number of fused-ring (bicyclic) bond motifs is 1. The monoisotopic (exact) mass is 502 g/mol. The lowest BCUT2D eigenvalue weighted by molar-refractivity contribution is -0.0679. The van der Waals surface area contributed by atoms with Gasteiger partial charge in [0.25, 0.3) is 0 Å². The van der Waals surface area contributed by atoms with Gasteiger partial charge in [-0.1, -0.05) is 13.8 Å². The second-order valence-corrected chi connectivity index (χ2v) is 10.1. The van der Waals surface area contributed by atoms with Crippen LogP contribution in [-0.4, -0.2) is 69.7 Å². The van der Waals surface area contributed by atoms with Crippen LogP contribution in [0.4, 0.5) is 11.6 Å². The summed E-state index contributed by atoms with van der Waals surface area (Å²) in [4.78, 5) is 16.5. The largest absolute Gasteiger partial charge is 0.402 e. The van der Waals surface area contributed by atoms with Gasteiger partial charge < -0.3 is 15.8 Å². The number of morpholine rings is 1. The molecule has 1 fully saturated rings. The molecule has 3 N–H and O–H groups in total. The van der Waals surface area contributed by atoms with Crippen LogP contribution >= 0.6 is 0 Å². The number of ether oxygens (including phenoxy) is 1. The second-order valence-electron chi connectivity index (χ2n) is 10.1. The van der Waals surface area contributed by atoms with E-state index in [0.717, 1.165) is 60.3 Å². The molecule has 0 aliphatic carbocycles. The molecule has 1 saturated heterocycles. The maximum atomic E-state index is 6.24. The molecule has 4 heterocycles. The molecular weight excluding hydrogens is 464 g/mol. The Kier molecular flexibility index (Phi) is 8.78. The molecule has 3 aromatic rings. The average molecular weight is 503 g/mol. The first-order chi connectivity index (χ1) is 17.8.